The molecule has 0 radical (unpaired) electrons. The molecule has 2 unspecified atom stereocenters. The van der Waals surface area contributed by atoms with Crippen LogP contribution in [-0.2, 0) is 14.3 Å². The highest BCUT2D eigenvalue weighted by Crippen LogP contribution is 2.17. The third kappa shape index (κ3) is 47.8. The van der Waals surface area contributed by atoms with Gasteiger partial charge in [0.1, 0.15) is 0 Å². The minimum atomic E-state index is -0.848. The van der Waals surface area contributed by atoms with Gasteiger partial charge in [-0.3, -0.25) is 9.59 Å². The molecular weight excluding hydrogens is 767 g/mol. The maximum atomic E-state index is 12.4. The Morgan fingerprint density at radius 2 is 0.758 bits per heavy atom. The molecule has 0 rings (SSSR count). The molecule has 366 valence electrons. The van der Waals surface area contributed by atoms with Crippen molar-refractivity contribution in [2.45, 2.75) is 309 Å². The van der Waals surface area contributed by atoms with Gasteiger partial charge in [-0.2, -0.15) is 0 Å². The Morgan fingerprint density at radius 3 is 1.18 bits per heavy atom. The average Bonchev–Trinajstić information content (AvgIpc) is 3.27. The number of nitrogens with one attached hydrogen (secondary N) is 1. The van der Waals surface area contributed by atoms with Crippen LogP contribution in [0.1, 0.15) is 296 Å². The van der Waals surface area contributed by atoms with Gasteiger partial charge in [0.15, 0.2) is 0 Å². The van der Waals surface area contributed by atoms with E-state index in [9.17, 15) is 19.8 Å². The van der Waals surface area contributed by atoms with E-state index in [2.05, 4.69) is 31.3 Å². The predicted molar refractivity (Wildman–Crippen MR) is 269 cm³/mol. The molecule has 1 amide bonds. The number of esters is 1. The molecule has 0 aliphatic carbocycles. The van der Waals surface area contributed by atoms with Crippen molar-refractivity contribution >= 4 is 11.9 Å². The molecule has 0 bridgehead atoms. The first kappa shape index (κ1) is 60.3. The monoisotopic (exact) mass is 874 g/mol. The average molecular weight is 874 g/mol. The highest BCUT2D eigenvalue weighted by Gasteiger charge is 2.18. The third-order valence-electron chi connectivity index (χ3n) is 12.7. The van der Waals surface area contributed by atoms with Gasteiger partial charge >= 0.3 is 5.97 Å². The first-order valence-corrected chi connectivity index (χ1v) is 27.6. The Hall–Kier alpha value is -1.66. The minimum Gasteiger partial charge on any atom is -0.466 e. The van der Waals surface area contributed by atoms with E-state index in [0.717, 1.165) is 44.9 Å². The molecule has 0 saturated heterocycles. The van der Waals surface area contributed by atoms with Crippen LogP contribution in [0.5, 0.6) is 0 Å². The van der Waals surface area contributed by atoms with Crippen LogP contribution >= 0.6 is 0 Å². The molecule has 0 heterocycles. The summed E-state index contributed by atoms with van der Waals surface area (Å²) in [6.45, 7) is 4.87. The zero-order chi connectivity index (χ0) is 45.1. The number of carbonyl (C=O) groups is 2. The van der Waals surface area contributed by atoms with E-state index in [1.807, 2.05) is 6.08 Å². The molecule has 0 aromatic heterocycles. The van der Waals surface area contributed by atoms with Crippen molar-refractivity contribution in [3.05, 3.63) is 24.3 Å². The zero-order valence-corrected chi connectivity index (χ0v) is 41.6. The largest absolute Gasteiger partial charge is 0.466 e. The summed E-state index contributed by atoms with van der Waals surface area (Å²) in [5.41, 5.74) is 0. The van der Waals surface area contributed by atoms with E-state index in [4.69, 9.17) is 4.74 Å². The number of hydrogen-bond acceptors (Lipinski definition) is 5. The fourth-order valence-corrected chi connectivity index (χ4v) is 8.45. The first-order valence-electron chi connectivity index (χ1n) is 27.6. The third-order valence-corrected chi connectivity index (χ3v) is 12.7. The normalized spacial score (nSPS) is 12.8. The molecule has 62 heavy (non-hydrogen) atoms. The van der Waals surface area contributed by atoms with E-state index in [1.165, 1.54) is 225 Å². The molecular formula is C56H107NO5. The van der Waals surface area contributed by atoms with Crippen molar-refractivity contribution in [3.63, 3.8) is 0 Å². The van der Waals surface area contributed by atoms with Crippen LogP contribution in [0.25, 0.3) is 0 Å². The molecule has 0 fully saturated rings. The fraction of sp³-hybridized carbons (Fsp3) is 0.893. The number of amides is 1. The maximum Gasteiger partial charge on any atom is 0.305 e. The molecule has 0 aliphatic rings. The lowest BCUT2D eigenvalue weighted by atomic mass is 10.0. The van der Waals surface area contributed by atoms with Crippen molar-refractivity contribution in [3.8, 4) is 0 Å². The maximum absolute atomic E-state index is 12.4. The quantitative estimate of drug-likeness (QED) is 0.0321. The number of aliphatic hydroxyl groups excluding tert-OH is 2. The van der Waals surface area contributed by atoms with Crippen LogP contribution in [0.4, 0.5) is 0 Å². The summed E-state index contributed by atoms with van der Waals surface area (Å²) in [5, 5.41) is 23.1. The summed E-state index contributed by atoms with van der Waals surface area (Å²) >= 11 is 0. The number of carbonyl (C=O) groups excluding carboxylic acids is 2. The molecule has 2 atom stereocenters. The Labute approximate surface area is 386 Å². The SMILES string of the molecule is CCCCC/C=C\CCCCCCCC(=O)OCCCCCCCCCCCCCCCCCCCC(=O)NC(CO)C(O)/C=C/CCCCCCCCCCCCCCCC. The van der Waals surface area contributed by atoms with Crippen molar-refractivity contribution < 1.29 is 24.5 Å². The van der Waals surface area contributed by atoms with Gasteiger partial charge in [0.2, 0.25) is 5.91 Å². The number of ether oxygens (including phenoxy) is 1. The van der Waals surface area contributed by atoms with E-state index >= 15 is 0 Å². The topological polar surface area (TPSA) is 95.9 Å². The molecule has 6 nitrogen and oxygen atoms in total. The van der Waals surface area contributed by atoms with Gasteiger partial charge in [-0.25, -0.2) is 0 Å². The Bertz CT molecular complexity index is 966. The van der Waals surface area contributed by atoms with Crippen LogP contribution in [-0.4, -0.2) is 47.4 Å². The van der Waals surface area contributed by atoms with Crippen LogP contribution < -0.4 is 5.32 Å². The Kier molecular flexibility index (Phi) is 50.6. The van der Waals surface area contributed by atoms with Gasteiger partial charge in [0, 0.05) is 12.8 Å². The van der Waals surface area contributed by atoms with E-state index in [-0.39, 0.29) is 18.5 Å². The van der Waals surface area contributed by atoms with Crippen LogP contribution in [0.3, 0.4) is 0 Å². The van der Waals surface area contributed by atoms with Gasteiger partial charge in [0.05, 0.1) is 25.4 Å². The molecule has 0 aliphatic heterocycles. The minimum absolute atomic E-state index is 0.00567. The molecule has 3 N–H and O–H groups in total. The number of hydrogen-bond donors (Lipinski definition) is 3. The smallest absolute Gasteiger partial charge is 0.305 e. The first-order chi connectivity index (χ1) is 30.5. The van der Waals surface area contributed by atoms with Crippen LogP contribution in [0.15, 0.2) is 24.3 Å². The summed E-state index contributed by atoms with van der Waals surface area (Å²) in [7, 11) is 0. The van der Waals surface area contributed by atoms with Gasteiger partial charge in [-0.15, -0.1) is 0 Å². The second-order valence-corrected chi connectivity index (χ2v) is 18.9. The number of unbranched alkanes of at least 4 members (excludes halogenated alkanes) is 38. The van der Waals surface area contributed by atoms with E-state index in [0.29, 0.717) is 19.4 Å². The standard InChI is InChI=1S/C56H107NO5/c1-3-5-7-9-11-13-15-17-18-22-25-28-32-36-40-44-48-54(59)53(52-58)57-55(60)49-45-41-37-33-29-26-23-20-19-21-24-27-31-35-39-43-47-51-62-56(61)50-46-42-38-34-30-16-14-12-10-8-6-4-2/h12,14,44,48,53-54,58-59H,3-11,13,15-43,45-47,49-52H2,1-2H3,(H,57,60)/b14-12-,48-44+. The highest BCUT2D eigenvalue weighted by atomic mass is 16.5. The van der Waals surface area contributed by atoms with Crippen molar-refractivity contribution in [2.24, 2.45) is 0 Å². The number of rotatable bonds is 51. The summed E-state index contributed by atoms with van der Waals surface area (Å²) in [4.78, 5) is 24.4. The second-order valence-electron chi connectivity index (χ2n) is 18.9. The van der Waals surface area contributed by atoms with Crippen LogP contribution in [0, 0.1) is 0 Å². The van der Waals surface area contributed by atoms with E-state index in [1.54, 1.807) is 6.08 Å². The number of allylic oxidation sites excluding steroid dienone is 3. The summed E-state index contributed by atoms with van der Waals surface area (Å²) < 4.78 is 5.45. The summed E-state index contributed by atoms with van der Waals surface area (Å²) in [6, 6.07) is -0.631. The molecule has 0 spiro atoms. The molecule has 0 aromatic carbocycles. The summed E-state index contributed by atoms with van der Waals surface area (Å²) in [6.07, 6.45) is 61.8. The highest BCUT2D eigenvalue weighted by molar-refractivity contribution is 5.76. The lowest BCUT2D eigenvalue weighted by Crippen LogP contribution is -2.45. The van der Waals surface area contributed by atoms with Crippen molar-refractivity contribution in [1.82, 2.24) is 5.32 Å². The van der Waals surface area contributed by atoms with Crippen LogP contribution in [0.2, 0.25) is 0 Å². The van der Waals surface area contributed by atoms with Gasteiger partial charge < -0.3 is 20.3 Å². The number of aliphatic hydroxyl groups is 2. The van der Waals surface area contributed by atoms with Gasteiger partial charge in [0.25, 0.3) is 0 Å². The summed E-state index contributed by atoms with van der Waals surface area (Å²) in [5.74, 6) is -0.0780. The van der Waals surface area contributed by atoms with Gasteiger partial charge in [-0.1, -0.05) is 250 Å². The van der Waals surface area contributed by atoms with Crippen molar-refractivity contribution in [2.75, 3.05) is 13.2 Å². The molecule has 6 heteroatoms. The predicted octanol–water partition coefficient (Wildman–Crippen LogP) is 16.7. The fourth-order valence-electron chi connectivity index (χ4n) is 8.45. The van der Waals surface area contributed by atoms with E-state index < -0.39 is 12.1 Å². The van der Waals surface area contributed by atoms with Gasteiger partial charge in [-0.05, 0) is 57.8 Å². The molecule has 0 aromatic rings. The van der Waals surface area contributed by atoms with Crippen molar-refractivity contribution in [1.29, 1.82) is 0 Å². The Balaban J connectivity index is 3.46. The lowest BCUT2D eigenvalue weighted by molar-refractivity contribution is -0.143. The Morgan fingerprint density at radius 1 is 0.435 bits per heavy atom. The lowest BCUT2D eigenvalue weighted by Gasteiger charge is -2.20. The molecule has 0 saturated carbocycles. The second kappa shape index (κ2) is 52.0. The zero-order valence-electron chi connectivity index (χ0n) is 41.6.